The Balaban J connectivity index is 1.78. The standard InChI is InChI=1S/C9H16O2/c10-3-4-11-9-6-7-1-2-8(9)5-7/h7-10H,1-6H2/t7-,8-,9+/m0/s1. The van der Waals surface area contributed by atoms with Crippen LogP contribution < -0.4 is 0 Å². The highest BCUT2D eigenvalue weighted by Gasteiger charge is 2.39. The fourth-order valence-electron chi connectivity index (χ4n) is 2.59. The number of hydrogen-bond acceptors (Lipinski definition) is 2. The van der Waals surface area contributed by atoms with Crippen molar-refractivity contribution in [1.82, 2.24) is 0 Å². The second kappa shape index (κ2) is 3.11. The highest BCUT2D eigenvalue weighted by atomic mass is 16.5. The molecule has 2 rings (SSSR count). The number of aliphatic hydroxyl groups excluding tert-OH is 1. The first-order valence-corrected chi connectivity index (χ1v) is 4.62. The van der Waals surface area contributed by atoms with Gasteiger partial charge in [0.15, 0.2) is 0 Å². The van der Waals surface area contributed by atoms with Gasteiger partial charge in [-0.1, -0.05) is 0 Å². The Morgan fingerprint density at radius 2 is 2.18 bits per heavy atom. The minimum Gasteiger partial charge on any atom is -0.394 e. The highest BCUT2D eigenvalue weighted by molar-refractivity contribution is 4.90. The molecule has 2 bridgehead atoms. The summed E-state index contributed by atoms with van der Waals surface area (Å²) in [6.45, 7) is 0.710. The summed E-state index contributed by atoms with van der Waals surface area (Å²) in [6.07, 6.45) is 5.91. The van der Waals surface area contributed by atoms with Crippen LogP contribution in [0.1, 0.15) is 25.7 Å². The molecule has 0 aliphatic heterocycles. The zero-order chi connectivity index (χ0) is 7.68. The van der Waals surface area contributed by atoms with Gasteiger partial charge >= 0.3 is 0 Å². The number of aliphatic hydroxyl groups is 1. The summed E-state index contributed by atoms with van der Waals surface area (Å²) in [6, 6.07) is 0. The zero-order valence-electron chi connectivity index (χ0n) is 6.83. The molecular weight excluding hydrogens is 140 g/mol. The molecule has 0 saturated heterocycles. The number of hydrogen-bond donors (Lipinski definition) is 1. The molecule has 0 aromatic heterocycles. The molecule has 0 radical (unpaired) electrons. The van der Waals surface area contributed by atoms with Gasteiger partial charge in [-0.3, -0.25) is 0 Å². The molecule has 64 valence electrons. The van der Waals surface area contributed by atoms with E-state index in [0.717, 1.165) is 11.8 Å². The summed E-state index contributed by atoms with van der Waals surface area (Å²) < 4.78 is 5.54. The van der Waals surface area contributed by atoms with Gasteiger partial charge in [0, 0.05) is 0 Å². The topological polar surface area (TPSA) is 29.5 Å². The van der Waals surface area contributed by atoms with Gasteiger partial charge in [0.05, 0.1) is 19.3 Å². The molecular formula is C9H16O2. The Bertz CT molecular complexity index is 136. The van der Waals surface area contributed by atoms with Crippen molar-refractivity contribution in [1.29, 1.82) is 0 Å². The summed E-state index contributed by atoms with van der Waals surface area (Å²) in [5.41, 5.74) is 0. The van der Waals surface area contributed by atoms with Crippen molar-refractivity contribution in [3.8, 4) is 0 Å². The van der Waals surface area contributed by atoms with Crippen molar-refractivity contribution in [2.45, 2.75) is 31.8 Å². The normalized spacial score (nSPS) is 41.7. The minimum atomic E-state index is 0.174. The number of fused-ring (bicyclic) bond motifs is 2. The van der Waals surface area contributed by atoms with Gasteiger partial charge in [-0.25, -0.2) is 0 Å². The number of rotatable bonds is 3. The SMILES string of the molecule is OCCO[C@@H]1C[C@H]2CC[C@H]1C2. The molecule has 11 heavy (non-hydrogen) atoms. The fourth-order valence-corrected chi connectivity index (χ4v) is 2.59. The summed E-state index contributed by atoms with van der Waals surface area (Å²) in [4.78, 5) is 0. The van der Waals surface area contributed by atoms with Crippen LogP contribution in [0.15, 0.2) is 0 Å². The molecule has 2 aliphatic rings. The van der Waals surface area contributed by atoms with Crippen LogP contribution in [-0.2, 0) is 4.74 Å². The van der Waals surface area contributed by atoms with Gasteiger partial charge < -0.3 is 9.84 Å². The molecule has 2 heteroatoms. The lowest BCUT2D eigenvalue weighted by Gasteiger charge is -2.21. The van der Waals surface area contributed by atoms with Crippen LogP contribution in [0.25, 0.3) is 0 Å². The van der Waals surface area contributed by atoms with E-state index in [1.165, 1.54) is 25.7 Å². The Labute approximate surface area is 67.6 Å². The van der Waals surface area contributed by atoms with E-state index >= 15 is 0 Å². The van der Waals surface area contributed by atoms with Crippen LogP contribution in [0.4, 0.5) is 0 Å². The smallest absolute Gasteiger partial charge is 0.0701 e. The second-order valence-corrected chi connectivity index (χ2v) is 3.81. The van der Waals surface area contributed by atoms with Crippen molar-refractivity contribution >= 4 is 0 Å². The molecule has 1 N–H and O–H groups in total. The lowest BCUT2D eigenvalue weighted by Crippen LogP contribution is -2.21. The van der Waals surface area contributed by atoms with E-state index in [-0.39, 0.29) is 6.61 Å². The van der Waals surface area contributed by atoms with E-state index in [0.29, 0.717) is 12.7 Å². The van der Waals surface area contributed by atoms with Crippen LogP contribution in [0, 0.1) is 11.8 Å². The first-order valence-electron chi connectivity index (χ1n) is 4.62. The summed E-state index contributed by atoms with van der Waals surface area (Å²) in [5, 5.41) is 8.57. The molecule has 0 aromatic carbocycles. The second-order valence-electron chi connectivity index (χ2n) is 3.81. The van der Waals surface area contributed by atoms with Crippen molar-refractivity contribution in [2.24, 2.45) is 11.8 Å². The third-order valence-electron chi connectivity index (χ3n) is 3.10. The largest absolute Gasteiger partial charge is 0.394 e. The van der Waals surface area contributed by atoms with Crippen molar-refractivity contribution in [3.05, 3.63) is 0 Å². The highest BCUT2D eigenvalue weighted by Crippen LogP contribution is 2.45. The third kappa shape index (κ3) is 1.42. The quantitative estimate of drug-likeness (QED) is 0.665. The van der Waals surface area contributed by atoms with E-state index in [2.05, 4.69) is 0 Å². The summed E-state index contributed by atoms with van der Waals surface area (Å²) in [7, 11) is 0. The Morgan fingerprint density at radius 1 is 1.27 bits per heavy atom. The van der Waals surface area contributed by atoms with Crippen molar-refractivity contribution in [2.75, 3.05) is 13.2 Å². The predicted octanol–water partition coefficient (Wildman–Crippen LogP) is 1.18. The molecule has 2 fully saturated rings. The molecule has 0 unspecified atom stereocenters. The summed E-state index contributed by atoms with van der Waals surface area (Å²) in [5.74, 6) is 1.77. The van der Waals surface area contributed by atoms with Crippen LogP contribution in [0.5, 0.6) is 0 Å². The Kier molecular flexibility index (Phi) is 2.14. The maximum absolute atomic E-state index is 8.57. The molecule has 0 amide bonds. The van der Waals surface area contributed by atoms with E-state index in [1.54, 1.807) is 0 Å². The van der Waals surface area contributed by atoms with Crippen molar-refractivity contribution in [3.63, 3.8) is 0 Å². The molecule has 3 atom stereocenters. The third-order valence-corrected chi connectivity index (χ3v) is 3.10. The van der Waals surface area contributed by atoms with E-state index in [4.69, 9.17) is 9.84 Å². The van der Waals surface area contributed by atoms with Gasteiger partial charge in [-0.05, 0) is 37.5 Å². The minimum absolute atomic E-state index is 0.174. The molecule has 2 nitrogen and oxygen atoms in total. The lowest BCUT2D eigenvalue weighted by atomic mass is 9.98. The predicted molar refractivity (Wildman–Crippen MR) is 42.3 cm³/mol. The van der Waals surface area contributed by atoms with Crippen LogP contribution >= 0.6 is 0 Å². The van der Waals surface area contributed by atoms with E-state index in [1.807, 2.05) is 0 Å². The average Bonchev–Trinajstić information content (AvgIpc) is 2.60. The van der Waals surface area contributed by atoms with Crippen molar-refractivity contribution < 1.29 is 9.84 Å². The molecule has 2 aliphatic carbocycles. The maximum atomic E-state index is 8.57. The fraction of sp³-hybridized carbons (Fsp3) is 1.00. The first-order chi connectivity index (χ1) is 5.40. The van der Waals surface area contributed by atoms with Gasteiger partial charge in [-0.15, -0.1) is 0 Å². The first kappa shape index (κ1) is 7.56. The van der Waals surface area contributed by atoms with Crippen LogP contribution in [0.3, 0.4) is 0 Å². The van der Waals surface area contributed by atoms with E-state index < -0.39 is 0 Å². The molecule has 2 saturated carbocycles. The number of ether oxygens (including phenoxy) is 1. The molecule has 0 heterocycles. The van der Waals surface area contributed by atoms with Gasteiger partial charge in [0.1, 0.15) is 0 Å². The molecule has 0 aromatic rings. The Hall–Kier alpha value is -0.0800. The summed E-state index contributed by atoms with van der Waals surface area (Å²) >= 11 is 0. The maximum Gasteiger partial charge on any atom is 0.0701 e. The van der Waals surface area contributed by atoms with Crippen LogP contribution in [0.2, 0.25) is 0 Å². The Morgan fingerprint density at radius 3 is 2.73 bits per heavy atom. The lowest BCUT2D eigenvalue weighted by molar-refractivity contribution is -0.00143. The monoisotopic (exact) mass is 156 g/mol. The van der Waals surface area contributed by atoms with E-state index in [9.17, 15) is 0 Å². The van der Waals surface area contributed by atoms with Gasteiger partial charge in [-0.2, -0.15) is 0 Å². The molecule has 0 spiro atoms. The average molecular weight is 156 g/mol. The van der Waals surface area contributed by atoms with Gasteiger partial charge in [0.25, 0.3) is 0 Å². The van der Waals surface area contributed by atoms with Crippen LogP contribution in [-0.4, -0.2) is 24.4 Å². The zero-order valence-corrected chi connectivity index (χ0v) is 6.83. The van der Waals surface area contributed by atoms with Gasteiger partial charge in [0.2, 0.25) is 0 Å².